The molecule has 0 bridgehead atoms. The Hall–Kier alpha value is -1.33. The summed E-state index contributed by atoms with van der Waals surface area (Å²) < 4.78 is 10.7. The van der Waals surface area contributed by atoms with Crippen LogP contribution in [0.25, 0.3) is 0 Å². The smallest absolute Gasteiger partial charge is 0.305 e. The van der Waals surface area contributed by atoms with Crippen LogP contribution in [0.15, 0.2) is 16.7 Å². The van der Waals surface area contributed by atoms with Crippen molar-refractivity contribution < 1.29 is 19.1 Å². The third-order valence-electron chi connectivity index (χ3n) is 3.07. The van der Waals surface area contributed by atoms with Gasteiger partial charge in [-0.3, -0.25) is 9.69 Å². The Labute approximate surface area is 100.0 Å². The fraction of sp³-hybridized carbons (Fsp3) is 0.583. The molecule has 1 fully saturated rings. The van der Waals surface area contributed by atoms with Crippen molar-refractivity contribution in [1.82, 2.24) is 4.90 Å². The molecule has 1 aliphatic heterocycles. The molecule has 0 radical (unpaired) electrons. The molecule has 2 heterocycles. The van der Waals surface area contributed by atoms with E-state index in [-0.39, 0.29) is 12.5 Å². The van der Waals surface area contributed by atoms with E-state index in [2.05, 4.69) is 4.90 Å². The van der Waals surface area contributed by atoms with E-state index in [4.69, 9.17) is 14.3 Å². The van der Waals surface area contributed by atoms with Gasteiger partial charge in [0.25, 0.3) is 0 Å². The number of carboxylic acid groups (broad SMARTS) is 1. The minimum Gasteiger partial charge on any atom is -0.481 e. The first-order valence-electron chi connectivity index (χ1n) is 5.73. The van der Waals surface area contributed by atoms with E-state index in [0.717, 1.165) is 17.9 Å². The van der Waals surface area contributed by atoms with Crippen molar-refractivity contribution >= 4 is 5.97 Å². The molecule has 2 rings (SSSR count). The van der Waals surface area contributed by atoms with Crippen molar-refractivity contribution in [2.45, 2.75) is 25.9 Å². The number of ether oxygens (including phenoxy) is 1. The van der Waals surface area contributed by atoms with Crippen LogP contribution in [0.2, 0.25) is 0 Å². The molecule has 17 heavy (non-hydrogen) atoms. The van der Waals surface area contributed by atoms with Gasteiger partial charge in [-0.25, -0.2) is 0 Å². The normalized spacial score (nSPS) is 21.6. The Morgan fingerprint density at radius 1 is 1.65 bits per heavy atom. The molecular formula is C12H17NO4. The van der Waals surface area contributed by atoms with E-state index in [9.17, 15) is 4.79 Å². The first-order chi connectivity index (χ1) is 8.16. The second-order valence-corrected chi connectivity index (χ2v) is 4.32. The fourth-order valence-corrected chi connectivity index (χ4v) is 2.04. The Morgan fingerprint density at radius 2 is 2.47 bits per heavy atom. The topological polar surface area (TPSA) is 62.9 Å². The SMILES string of the molecule is Cc1ccoc1CN1CCOCC1CC(=O)O. The van der Waals surface area contributed by atoms with Crippen LogP contribution in [0.4, 0.5) is 0 Å². The minimum atomic E-state index is -0.790. The number of nitrogens with zero attached hydrogens (tertiary/aromatic N) is 1. The predicted octanol–water partition coefficient (Wildman–Crippen LogP) is 1.26. The van der Waals surface area contributed by atoms with Gasteiger partial charge in [0.15, 0.2) is 0 Å². The van der Waals surface area contributed by atoms with E-state index < -0.39 is 5.97 Å². The van der Waals surface area contributed by atoms with E-state index >= 15 is 0 Å². The van der Waals surface area contributed by atoms with Gasteiger partial charge < -0.3 is 14.3 Å². The van der Waals surface area contributed by atoms with E-state index in [1.807, 2.05) is 13.0 Å². The molecule has 94 valence electrons. The first-order valence-corrected chi connectivity index (χ1v) is 5.73. The van der Waals surface area contributed by atoms with Gasteiger partial charge in [0.05, 0.1) is 32.4 Å². The molecule has 0 spiro atoms. The number of morpholine rings is 1. The Bertz CT molecular complexity index is 388. The molecule has 0 aromatic carbocycles. The number of hydrogen-bond acceptors (Lipinski definition) is 4. The number of carbonyl (C=O) groups is 1. The quantitative estimate of drug-likeness (QED) is 0.857. The third-order valence-corrected chi connectivity index (χ3v) is 3.07. The minimum absolute atomic E-state index is 0.0641. The Kier molecular flexibility index (Phi) is 3.81. The summed E-state index contributed by atoms with van der Waals surface area (Å²) in [5.41, 5.74) is 1.10. The van der Waals surface area contributed by atoms with Gasteiger partial charge in [-0.15, -0.1) is 0 Å². The maximum atomic E-state index is 10.8. The molecule has 5 heteroatoms. The van der Waals surface area contributed by atoms with Crippen molar-refractivity contribution in [2.24, 2.45) is 0 Å². The summed E-state index contributed by atoms with van der Waals surface area (Å²) in [6.45, 7) is 4.52. The molecule has 1 aromatic rings. The van der Waals surface area contributed by atoms with Gasteiger partial charge in [-0.1, -0.05) is 0 Å². The molecule has 1 N–H and O–H groups in total. The lowest BCUT2D eigenvalue weighted by molar-refractivity contribution is -0.140. The van der Waals surface area contributed by atoms with Crippen LogP contribution in [0.3, 0.4) is 0 Å². The number of aryl methyl sites for hydroxylation is 1. The zero-order chi connectivity index (χ0) is 12.3. The third kappa shape index (κ3) is 3.08. The highest BCUT2D eigenvalue weighted by atomic mass is 16.5. The number of aliphatic carboxylic acids is 1. The number of carboxylic acids is 1. The summed E-state index contributed by atoms with van der Waals surface area (Å²) in [5.74, 6) is 0.115. The standard InChI is InChI=1S/C12H17NO4/c1-9-2-4-17-11(9)7-13-3-5-16-8-10(13)6-12(14)15/h2,4,10H,3,5-8H2,1H3,(H,14,15). The average Bonchev–Trinajstić information content (AvgIpc) is 2.67. The van der Waals surface area contributed by atoms with Crippen molar-refractivity contribution in [3.63, 3.8) is 0 Å². The molecule has 5 nitrogen and oxygen atoms in total. The molecule has 1 saturated heterocycles. The summed E-state index contributed by atoms with van der Waals surface area (Å²) in [4.78, 5) is 12.9. The van der Waals surface area contributed by atoms with Crippen molar-refractivity contribution in [3.05, 3.63) is 23.7 Å². The van der Waals surface area contributed by atoms with Crippen LogP contribution in [0.5, 0.6) is 0 Å². The van der Waals surface area contributed by atoms with Gasteiger partial charge in [-0.05, 0) is 18.6 Å². The van der Waals surface area contributed by atoms with E-state index in [1.165, 1.54) is 0 Å². The van der Waals surface area contributed by atoms with Crippen molar-refractivity contribution in [3.8, 4) is 0 Å². The van der Waals surface area contributed by atoms with Gasteiger partial charge in [0.2, 0.25) is 0 Å². The van der Waals surface area contributed by atoms with Gasteiger partial charge in [0.1, 0.15) is 5.76 Å². The number of rotatable bonds is 4. The predicted molar refractivity (Wildman–Crippen MR) is 60.7 cm³/mol. The maximum absolute atomic E-state index is 10.8. The zero-order valence-corrected chi connectivity index (χ0v) is 9.89. The maximum Gasteiger partial charge on any atom is 0.305 e. The van der Waals surface area contributed by atoms with Crippen LogP contribution in [-0.2, 0) is 16.1 Å². The molecule has 0 amide bonds. The van der Waals surface area contributed by atoms with Gasteiger partial charge in [-0.2, -0.15) is 0 Å². The summed E-state index contributed by atoms with van der Waals surface area (Å²) in [6.07, 6.45) is 1.77. The fourth-order valence-electron chi connectivity index (χ4n) is 2.04. The van der Waals surface area contributed by atoms with Crippen LogP contribution in [0, 0.1) is 6.92 Å². The summed E-state index contributed by atoms with van der Waals surface area (Å²) in [6, 6.07) is 1.85. The molecule has 1 atom stereocenters. The summed E-state index contributed by atoms with van der Waals surface area (Å²) in [5, 5.41) is 8.86. The molecule has 1 aliphatic rings. The lowest BCUT2D eigenvalue weighted by atomic mass is 10.1. The van der Waals surface area contributed by atoms with Crippen molar-refractivity contribution in [2.75, 3.05) is 19.8 Å². The lowest BCUT2D eigenvalue weighted by Crippen LogP contribution is -2.45. The number of hydrogen-bond donors (Lipinski definition) is 1. The molecule has 0 saturated carbocycles. The molecular weight excluding hydrogens is 222 g/mol. The zero-order valence-electron chi connectivity index (χ0n) is 9.89. The highest BCUT2D eigenvalue weighted by Gasteiger charge is 2.26. The van der Waals surface area contributed by atoms with Crippen LogP contribution in [-0.4, -0.2) is 41.8 Å². The monoisotopic (exact) mass is 239 g/mol. The molecule has 0 aliphatic carbocycles. The average molecular weight is 239 g/mol. The Balaban J connectivity index is 2.01. The van der Waals surface area contributed by atoms with Crippen molar-refractivity contribution in [1.29, 1.82) is 0 Å². The Morgan fingerprint density at radius 3 is 3.12 bits per heavy atom. The van der Waals surface area contributed by atoms with Crippen LogP contribution in [0.1, 0.15) is 17.7 Å². The highest BCUT2D eigenvalue weighted by molar-refractivity contribution is 5.67. The molecule has 1 unspecified atom stereocenters. The van der Waals surface area contributed by atoms with E-state index in [1.54, 1.807) is 6.26 Å². The lowest BCUT2D eigenvalue weighted by Gasteiger charge is -2.34. The first kappa shape index (κ1) is 12.1. The second-order valence-electron chi connectivity index (χ2n) is 4.32. The van der Waals surface area contributed by atoms with E-state index in [0.29, 0.717) is 19.8 Å². The summed E-state index contributed by atoms with van der Waals surface area (Å²) in [7, 11) is 0. The van der Waals surface area contributed by atoms with Crippen LogP contribution >= 0.6 is 0 Å². The second kappa shape index (κ2) is 5.33. The van der Waals surface area contributed by atoms with Gasteiger partial charge in [0, 0.05) is 12.6 Å². The molecule has 1 aromatic heterocycles. The number of furan rings is 1. The summed E-state index contributed by atoms with van der Waals surface area (Å²) >= 11 is 0. The van der Waals surface area contributed by atoms with Gasteiger partial charge >= 0.3 is 5.97 Å². The van der Waals surface area contributed by atoms with Crippen LogP contribution < -0.4 is 0 Å². The highest BCUT2D eigenvalue weighted by Crippen LogP contribution is 2.17. The largest absolute Gasteiger partial charge is 0.481 e.